The van der Waals surface area contributed by atoms with Crippen molar-refractivity contribution in [3.05, 3.63) is 57.6 Å². The van der Waals surface area contributed by atoms with E-state index in [4.69, 9.17) is 37.4 Å². The van der Waals surface area contributed by atoms with E-state index in [-0.39, 0.29) is 0 Å². The lowest BCUT2D eigenvalue weighted by atomic mass is 10.2. The average molecular weight is 427 g/mol. The standard InChI is InChI=1S/C21H26Cl2N2O3/c1-26-21-13-16(14-24-6-7-25-8-10-27-11-9-25)3-5-20(21)28-15-17-2-4-18(22)19(23)12-17/h2-5,12-13,24H,6-11,14-15H2,1H3/p+2. The van der Waals surface area contributed by atoms with Gasteiger partial charge in [0, 0.05) is 5.56 Å². The Labute approximate surface area is 176 Å². The Morgan fingerprint density at radius 3 is 2.54 bits per heavy atom. The van der Waals surface area contributed by atoms with Crippen molar-refractivity contribution in [1.29, 1.82) is 0 Å². The molecule has 1 saturated heterocycles. The number of halogens is 2. The van der Waals surface area contributed by atoms with Crippen LogP contribution in [0, 0.1) is 0 Å². The fraction of sp³-hybridized carbons (Fsp3) is 0.429. The van der Waals surface area contributed by atoms with Crippen LogP contribution in [-0.2, 0) is 17.9 Å². The van der Waals surface area contributed by atoms with Gasteiger partial charge >= 0.3 is 0 Å². The van der Waals surface area contributed by atoms with Crippen LogP contribution in [0.1, 0.15) is 11.1 Å². The number of hydrogen-bond donors (Lipinski definition) is 2. The maximum atomic E-state index is 6.06. The third-order valence-electron chi connectivity index (χ3n) is 4.89. The minimum absolute atomic E-state index is 0.404. The number of methoxy groups -OCH3 is 1. The predicted molar refractivity (Wildman–Crippen MR) is 111 cm³/mol. The van der Waals surface area contributed by atoms with Gasteiger partial charge in [0.15, 0.2) is 11.5 Å². The molecule has 152 valence electrons. The van der Waals surface area contributed by atoms with Gasteiger partial charge < -0.3 is 24.4 Å². The van der Waals surface area contributed by atoms with Crippen molar-refractivity contribution in [2.45, 2.75) is 13.2 Å². The third kappa shape index (κ3) is 6.26. The SMILES string of the molecule is COc1cc(C[NH2+]CC[NH+]2CCOCC2)ccc1OCc1ccc(Cl)c(Cl)c1. The quantitative estimate of drug-likeness (QED) is 0.598. The fourth-order valence-electron chi connectivity index (χ4n) is 3.23. The number of rotatable bonds is 9. The number of nitrogens with one attached hydrogen (secondary N) is 1. The van der Waals surface area contributed by atoms with E-state index in [9.17, 15) is 0 Å². The minimum atomic E-state index is 0.404. The van der Waals surface area contributed by atoms with Crippen molar-refractivity contribution < 1.29 is 24.4 Å². The zero-order valence-corrected chi connectivity index (χ0v) is 17.7. The van der Waals surface area contributed by atoms with Gasteiger partial charge in [-0.05, 0) is 35.9 Å². The number of benzene rings is 2. The Hall–Kier alpha value is -1.50. The number of quaternary nitrogens is 2. The summed E-state index contributed by atoms with van der Waals surface area (Å²) in [6.45, 7) is 7.61. The van der Waals surface area contributed by atoms with Crippen LogP contribution >= 0.6 is 23.2 Å². The van der Waals surface area contributed by atoms with Gasteiger partial charge in [0.2, 0.25) is 0 Å². The molecule has 0 spiro atoms. The molecule has 0 unspecified atom stereocenters. The highest BCUT2D eigenvalue weighted by atomic mass is 35.5. The second-order valence-corrected chi connectivity index (χ2v) is 7.73. The first kappa shape index (κ1) is 21.2. The lowest BCUT2D eigenvalue weighted by molar-refractivity contribution is -0.920. The summed E-state index contributed by atoms with van der Waals surface area (Å²) in [6.07, 6.45) is 0. The van der Waals surface area contributed by atoms with Crippen LogP contribution in [0.4, 0.5) is 0 Å². The smallest absolute Gasteiger partial charge is 0.161 e. The molecule has 28 heavy (non-hydrogen) atoms. The third-order valence-corrected chi connectivity index (χ3v) is 5.63. The fourth-order valence-corrected chi connectivity index (χ4v) is 3.55. The second kappa shape index (κ2) is 10.9. The van der Waals surface area contributed by atoms with Gasteiger partial charge in [-0.25, -0.2) is 0 Å². The van der Waals surface area contributed by atoms with Gasteiger partial charge in [-0.1, -0.05) is 29.3 Å². The molecule has 0 radical (unpaired) electrons. The number of ether oxygens (including phenoxy) is 3. The monoisotopic (exact) mass is 426 g/mol. The van der Waals surface area contributed by atoms with E-state index in [0.717, 1.165) is 56.5 Å². The van der Waals surface area contributed by atoms with Gasteiger partial charge in [0.05, 0.1) is 30.4 Å². The Morgan fingerprint density at radius 1 is 1.00 bits per heavy atom. The van der Waals surface area contributed by atoms with Crippen LogP contribution in [0.5, 0.6) is 11.5 Å². The highest BCUT2D eigenvalue weighted by Crippen LogP contribution is 2.29. The molecule has 1 fully saturated rings. The summed E-state index contributed by atoms with van der Waals surface area (Å²) in [4.78, 5) is 1.63. The second-order valence-electron chi connectivity index (χ2n) is 6.92. The largest absolute Gasteiger partial charge is 0.493 e. The maximum absolute atomic E-state index is 6.06. The Bertz CT molecular complexity index is 767. The lowest BCUT2D eigenvalue weighted by Gasteiger charge is -2.22. The van der Waals surface area contributed by atoms with Crippen molar-refractivity contribution in [3.63, 3.8) is 0 Å². The van der Waals surface area contributed by atoms with E-state index in [1.54, 1.807) is 18.1 Å². The summed E-state index contributed by atoms with van der Waals surface area (Å²) in [5.41, 5.74) is 2.18. The first-order valence-corrected chi connectivity index (χ1v) is 10.4. The summed E-state index contributed by atoms with van der Waals surface area (Å²) in [6, 6.07) is 11.6. The van der Waals surface area contributed by atoms with Gasteiger partial charge in [0.25, 0.3) is 0 Å². The van der Waals surface area contributed by atoms with Gasteiger partial charge in [-0.2, -0.15) is 0 Å². The molecule has 3 N–H and O–H groups in total. The predicted octanol–water partition coefficient (Wildman–Crippen LogP) is 1.56. The molecule has 3 rings (SSSR count). The summed E-state index contributed by atoms with van der Waals surface area (Å²) in [5, 5.41) is 3.41. The zero-order chi connectivity index (χ0) is 19.8. The molecule has 0 saturated carbocycles. The van der Waals surface area contributed by atoms with Crippen LogP contribution in [0.25, 0.3) is 0 Å². The molecule has 1 heterocycles. The lowest BCUT2D eigenvalue weighted by Crippen LogP contribution is -3.16. The van der Waals surface area contributed by atoms with Crippen LogP contribution in [0.3, 0.4) is 0 Å². The van der Waals surface area contributed by atoms with E-state index < -0.39 is 0 Å². The van der Waals surface area contributed by atoms with Gasteiger partial charge in [-0.15, -0.1) is 0 Å². The van der Waals surface area contributed by atoms with Crippen LogP contribution in [-0.4, -0.2) is 46.5 Å². The summed E-state index contributed by atoms with van der Waals surface area (Å²) in [7, 11) is 1.66. The molecular weight excluding hydrogens is 399 g/mol. The van der Waals surface area contributed by atoms with Crippen molar-refractivity contribution in [2.75, 3.05) is 46.5 Å². The number of hydrogen-bond acceptors (Lipinski definition) is 3. The highest BCUT2D eigenvalue weighted by Gasteiger charge is 2.14. The highest BCUT2D eigenvalue weighted by molar-refractivity contribution is 6.42. The van der Waals surface area contributed by atoms with E-state index in [1.807, 2.05) is 24.3 Å². The summed E-state index contributed by atoms with van der Waals surface area (Å²) < 4.78 is 16.8. The molecular formula is C21H28Cl2N2O3+2. The minimum Gasteiger partial charge on any atom is -0.493 e. The van der Waals surface area contributed by atoms with Crippen molar-refractivity contribution >= 4 is 23.2 Å². The topological polar surface area (TPSA) is 48.7 Å². The molecule has 2 aromatic rings. The molecule has 2 aromatic carbocycles. The van der Waals surface area contributed by atoms with Gasteiger partial charge in [-0.3, -0.25) is 0 Å². The number of morpholine rings is 1. The molecule has 0 aromatic heterocycles. The Morgan fingerprint density at radius 2 is 1.79 bits per heavy atom. The average Bonchev–Trinajstić information content (AvgIpc) is 2.73. The first-order chi connectivity index (χ1) is 13.7. The van der Waals surface area contributed by atoms with E-state index in [2.05, 4.69) is 11.4 Å². The zero-order valence-electron chi connectivity index (χ0n) is 16.2. The van der Waals surface area contributed by atoms with Crippen molar-refractivity contribution in [3.8, 4) is 11.5 Å². The summed E-state index contributed by atoms with van der Waals surface area (Å²) in [5.74, 6) is 1.46. The molecule has 0 aliphatic carbocycles. The van der Waals surface area contributed by atoms with Crippen LogP contribution in [0.2, 0.25) is 10.0 Å². The van der Waals surface area contributed by atoms with Crippen molar-refractivity contribution in [2.24, 2.45) is 0 Å². The molecule has 1 aliphatic heterocycles. The first-order valence-electron chi connectivity index (χ1n) is 9.62. The Kier molecular flexibility index (Phi) is 8.25. The van der Waals surface area contributed by atoms with Crippen LogP contribution in [0.15, 0.2) is 36.4 Å². The molecule has 0 atom stereocenters. The van der Waals surface area contributed by atoms with Crippen molar-refractivity contribution in [1.82, 2.24) is 0 Å². The Balaban J connectivity index is 1.49. The molecule has 1 aliphatic rings. The van der Waals surface area contributed by atoms with E-state index in [0.29, 0.717) is 16.7 Å². The molecule has 0 amide bonds. The molecule has 0 bridgehead atoms. The molecule has 5 nitrogen and oxygen atoms in total. The van der Waals surface area contributed by atoms with E-state index in [1.165, 1.54) is 12.1 Å². The van der Waals surface area contributed by atoms with E-state index >= 15 is 0 Å². The maximum Gasteiger partial charge on any atom is 0.161 e. The van der Waals surface area contributed by atoms with Gasteiger partial charge in [0.1, 0.15) is 39.3 Å². The normalized spacial score (nSPS) is 14.8. The van der Waals surface area contributed by atoms with Crippen LogP contribution < -0.4 is 19.7 Å². The molecule has 7 heteroatoms. The number of nitrogens with two attached hydrogens (primary N) is 1. The summed E-state index contributed by atoms with van der Waals surface area (Å²) >= 11 is 12.0.